The van der Waals surface area contributed by atoms with Crippen LogP contribution in [0.15, 0.2) is 41.3 Å². The number of nitrogens with zero attached hydrogens (tertiary/aromatic N) is 6. The molecule has 39 heavy (non-hydrogen) atoms. The maximum absolute atomic E-state index is 13.8. The predicted octanol–water partition coefficient (Wildman–Crippen LogP) is 5.37. The number of carbonyl (C=O) groups is 2. The van der Waals surface area contributed by atoms with Crippen LogP contribution in [-0.4, -0.2) is 53.4 Å². The first kappa shape index (κ1) is 26.5. The summed E-state index contributed by atoms with van der Waals surface area (Å²) in [5.74, 6) is 0.715. The Kier molecular flexibility index (Phi) is 6.60. The van der Waals surface area contributed by atoms with Crippen molar-refractivity contribution in [2.24, 2.45) is 5.41 Å². The molecule has 0 unspecified atom stereocenters. The van der Waals surface area contributed by atoms with E-state index in [4.69, 9.17) is 5.10 Å². The molecule has 200 valence electrons. The van der Waals surface area contributed by atoms with Crippen LogP contribution in [0, 0.1) is 29.9 Å². The lowest BCUT2D eigenvalue weighted by atomic mass is 9.96. The van der Waals surface area contributed by atoms with E-state index in [9.17, 15) is 9.59 Å². The van der Waals surface area contributed by atoms with E-state index in [0.29, 0.717) is 11.0 Å². The number of rotatable bonds is 6. The van der Waals surface area contributed by atoms with E-state index in [1.165, 1.54) is 0 Å². The first-order chi connectivity index (χ1) is 18.5. The van der Waals surface area contributed by atoms with Gasteiger partial charge in [-0.15, -0.1) is 0 Å². The van der Waals surface area contributed by atoms with Crippen molar-refractivity contribution in [3.63, 3.8) is 0 Å². The topological polar surface area (TPSA) is 93.9 Å². The predicted molar refractivity (Wildman–Crippen MR) is 160 cm³/mol. The Morgan fingerprint density at radius 2 is 1.82 bits per heavy atom. The summed E-state index contributed by atoms with van der Waals surface area (Å²) in [7, 11) is 0. The Balaban J connectivity index is 1.28. The van der Waals surface area contributed by atoms with Gasteiger partial charge >= 0.3 is 0 Å². The Morgan fingerprint density at radius 3 is 2.56 bits per heavy atom. The smallest absolute Gasteiger partial charge is 0.245 e. The molecular formula is C29H28BrIN6O2. The first-order valence-electron chi connectivity index (χ1n) is 13.0. The quantitative estimate of drug-likeness (QED) is 0.199. The van der Waals surface area contributed by atoms with E-state index in [-0.39, 0.29) is 36.1 Å². The van der Waals surface area contributed by atoms with E-state index < -0.39 is 6.04 Å². The molecule has 6 rings (SSSR count). The van der Waals surface area contributed by atoms with Gasteiger partial charge in [-0.05, 0) is 112 Å². The normalized spacial score (nSPS) is 21.8. The minimum Gasteiger partial charge on any atom is -0.327 e. The number of aryl methyl sites for hydroxylation is 3. The number of benzene rings is 1. The molecule has 0 radical (unpaired) electrons. The summed E-state index contributed by atoms with van der Waals surface area (Å²) in [4.78, 5) is 42.4. The number of likely N-dealkylation sites (tertiary alicyclic amines) is 1. The van der Waals surface area contributed by atoms with Gasteiger partial charge in [-0.3, -0.25) is 14.3 Å². The molecule has 1 amide bonds. The van der Waals surface area contributed by atoms with E-state index in [0.717, 1.165) is 54.8 Å². The van der Waals surface area contributed by atoms with Crippen molar-refractivity contribution in [3.05, 3.63) is 67.6 Å². The van der Waals surface area contributed by atoms with Gasteiger partial charge in [0.1, 0.15) is 20.7 Å². The maximum Gasteiger partial charge on any atom is 0.245 e. The zero-order valence-corrected chi connectivity index (χ0v) is 25.9. The summed E-state index contributed by atoms with van der Waals surface area (Å²) in [6.07, 6.45) is 5.51. The number of aromatic nitrogens is 5. The highest BCUT2D eigenvalue weighted by Gasteiger charge is 2.64. The zero-order chi connectivity index (χ0) is 27.6. The molecule has 8 nitrogen and oxygen atoms in total. The van der Waals surface area contributed by atoms with Gasteiger partial charge in [0.25, 0.3) is 0 Å². The molecule has 1 aromatic carbocycles. The summed E-state index contributed by atoms with van der Waals surface area (Å²) in [6, 6.07) is 7.67. The average molecular weight is 699 g/mol. The van der Waals surface area contributed by atoms with Crippen LogP contribution in [0.3, 0.4) is 0 Å². The summed E-state index contributed by atoms with van der Waals surface area (Å²) >= 11 is 5.64. The number of hydrogen-bond donors (Lipinski definition) is 0. The fraction of sp³-hybridized carbons (Fsp3) is 0.379. The van der Waals surface area contributed by atoms with Gasteiger partial charge in [-0.2, -0.15) is 5.10 Å². The molecular weight excluding hydrogens is 671 g/mol. The molecule has 0 spiro atoms. The summed E-state index contributed by atoms with van der Waals surface area (Å²) < 4.78 is 3.33. The highest BCUT2D eigenvalue weighted by atomic mass is 127. The number of pyridine rings is 1. The van der Waals surface area contributed by atoms with Crippen LogP contribution in [0.5, 0.6) is 0 Å². The Bertz CT molecular complexity index is 1650. The molecule has 4 heterocycles. The zero-order valence-electron chi connectivity index (χ0n) is 22.2. The van der Waals surface area contributed by atoms with Crippen LogP contribution in [-0.2, 0) is 22.6 Å². The highest BCUT2D eigenvalue weighted by molar-refractivity contribution is 14.1. The van der Waals surface area contributed by atoms with Gasteiger partial charge in [0.2, 0.25) is 5.91 Å². The molecule has 3 atom stereocenters. The minimum atomic E-state index is -0.434. The average Bonchev–Trinajstić information content (AvgIpc) is 3.29. The molecule has 4 aromatic rings. The summed E-state index contributed by atoms with van der Waals surface area (Å²) in [5.41, 5.74) is 5.64. The standard InChI is InChI=1S/C29H28BrIN6O2/c1-15-5-6-25(30)34-21(15)9-23(38)22-10-29(4)11-24(29)37(22)26(39)14-36-27-16(2)7-18(8-20(27)28(31)35-36)19-12-32-17(3)33-13-19/h5-8,12-13,22,24H,9-11,14H2,1-4H3/t22-,24+,29-/m0/s1. The molecule has 2 fully saturated rings. The van der Waals surface area contributed by atoms with E-state index >= 15 is 0 Å². The van der Waals surface area contributed by atoms with Crippen LogP contribution >= 0.6 is 38.5 Å². The van der Waals surface area contributed by atoms with Crippen LogP contribution in [0.2, 0.25) is 0 Å². The van der Waals surface area contributed by atoms with Gasteiger partial charge in [0, 0.05) is 29.4 Å². The second-order valence-electron chi connectivity index (χ2n) is 11.1. The second kappa shape index (κ2) is 9.72. The van der Waals surface area contributed by atoms with Gasteiger partial charge < -0.3 is 4.90 Å². The highest BCUT2D eigenvalue weighted by Crippen LogP contribution is 2.59. The Labute approximate surface area is 248 Å². The third kappa shape index (κ3) is 4.79. The largest absolute Gasteiger partial charge is 0.327 e. The number of ketones is 1. The van der Waals surface area contributed by atoms with Crippen LogP contribution in [0.4, 0.5) is 0 Å². The molecule has 1 saturated carbocycles. The second-order valence-corrected chi connectivity index (χ2v) is 12.9. The third-order valence-corrected chi connectivity index (χ3v) is 9.43. The van der Waals surface area contributed by atoms with Crippen LogP contribution in [0.25, 0.3) is 22.0 Å². The van der Waals surface area contributed by atoms with E-state index in [1.54, 1.807) is 4.68 Å². The Morgan fingerprint density at radius 1 is 1.08 bits per heavy atom. The SMILES string of the molecule is Cc1ncc(-c2cc(C)c3c(c2)c(I)nn3CC(=O)N2[C@H](C(=O)Cc3nc(Br)ccc3C)C[C@@]3(C)C[C@@H]23)cn1. The number of hydrogen-bond acceptors (Lipinski definition) is 6. The van der Waals surface area contributed by atoms with Gasteiger partial charge in [-0.25, -0.2) is 15.0 Å². The molecule has 1 saturated heterocycles. The third-order valence-electron chi connectivity index (χ3n) is 8.19. The van der Waals surface area contributed by atoms with Crippen molar-refractivity contribution in [2.75, 3.05) is 0 Å². The number of Topliss-reactive ketones (excluding diaryl/α,β-unsaturated/α-hetero) is 1. The number of halogens is 2. The Hall–Kier alpha value is -2.73. The molecule has 2 aliphatic rings. The molecule has 0 bridgehead atoms. The van der Waals surface area contributed by atoms with E-state index in [1.807, 2.05) is 50.2 Å². The van der Waals surface area contributed by atoms with Crippen molar-refractivity contribution >= 4 is 61.1 Å². The molecule has 1 aliphatic carbocycles. The maximum atomic E-state index is 13.8. The van der Waals surface area contributed by atoms with Crippen molar-refractivity contribution in [2.45, 2.75) is 65.6 Å². The van der Waals surface area contributed by atoms with Crippen LogP contribution in [0.1, 0.15) is 42.4 Å². The van der Waals surface area contributed by atoms with E-state index in [2.05, 4.69) is 72.5 Å². The lowest BCUT2D eigenvalue weighted by Crippen LogP contribution is -2.45. The fourth-order valence-corrected chi connectivity index (χ4v) is 6.96. The van der Waals surface area contributed by atoms with Crippen LogP contribution < -0.4 is 0 Å². The number of fused-ring (bicyclic) bond motifs is 2. The first-order valence-corrected chi connectivity index (χ1v) is 14.8. The van der Waals surface area contributed by atoms with Gasteiger partial charge in [0.05, 0.1) is 23.7 Å². The number of amides is 1. The number of carbonyl (C=O) groups excluding carboxylic acids is 2. The lowest BCUT2D eigenvalue weighted by molar-refractivity contribution is -0.139. The monoisotopic (exact) mass is 698 g/mol. The van der Waals surface area contributed by atoms with Crippen molar-refractivity contribution < 1.29 is 9.59 Å². The fourth-order valence-electron chi connectivity index (χ4n) is 5.94. The van der Waals surface area contributed by atoms with Gasteiger partial charge in [0.15, 0.2) is 5.78 Å². The summed E-state index contributed by atoms with van der Waals surface area (Å²) in [6.45, 7) is 8.14. The lowest BCUT2D eigenvalue weighted by Gasteiger charge is -2.27. The van der Waals surface area contributed by atoms with Crippen molar-refractivity contribution in [3.8, 4) is 11.1 Å². The molecule has 0 N–H and O–H groups in total. The van der Waals surface area contributed by atoms with Gasteiger partial charge in [-0.1, -0.05) is 13.0 Å². The molecule has 10 heteroatoms. The number of piperidine rings is 1. The van der Waals surface area contributed by atoms with Crippen molar-refractivity contribution in [1.29, 1.82) is 0 Å². The van der Waals surface area contributed by atoms with Crippen molar-refractivity contribution in [1.82, 2.24) is 29.6 Å². The molecule has 1 aliphatic heterocycles. The molecule has 3 aromatic heterocycles. The summed E-state index contributed by atoms with van der Waals surface area (Å²) in [5, 5.41) is 5.74. The minimum absolute atomic E-state index is 0.0112.